The molecule has 0 atom stereocenters. The summed E-state index contributed by atoms with van der Waals surface area (Å²) in [5.41, 5.74) is 5.77. The van der Waals surface area contributed by atoms with Crippen LogP contribution in [0.2, 0.25) is 0 Å². The summed E-state index contributed by atoms with van der Waals surface area (Å²) in [6.07, 6.45) is 9.92. The lowest BCUT2D eigenvalue weighted by atomic mass is 9.83. The quantitative estimate of drug-likeness (QED) is 0.151. The molecule has 0 unspecified atom stereocenters. The molecular weight excluding hydrogens is 853 g/mol. The maximum atomic E-state index is 5.18. The number of amidine groups is 3. The molecule has 0 N–H and O–H groups in total. The Morgan fingerprint density at radius 3 is 0.812 bits per heavy atom. The van der Waals surface area contributed by atoms with E-state index in [4.69, 9.17) is 39.9 Å². The monoisotopic (exact) mass is 925 g/mol. The lowest BCUT2D eigenvalue weighted by Crippen LogP contribution is -2.53. The molecule has 4 aliphatic heterocycles. The van der Waals surface area contributed by atoms with Gasteiger partial charge in [0.2, 0.25) is 0 Å². The van der Waals surface area contributed by atoms with Gasteiger partial charge in [0.05, 0.1) is 50.6 Å². The first-order valence-electron chi connectivity index (χ1n) is 24.4. The number of benzene rings is 1. The average molecular weight is 925 g/mol. The number of aliphatic imine (C=N–C) groups is 4. The molecule has 0 amide bonds. The van der Waals surface area contributed by atoms with Gasteiger partial charge in [0.1, 0.15) is 40.8 Å². The summed E-state index contributed by atoms with van der Waals surface area (Å²) in [7, 11) is 0. The zero-order valence-electron chi connectivity index (χ0n) is 44.5. The Balaban J connectivity index is 1.22. The van der Waals surface area contributed by atoms with E-state index in [-0.39, 0.29) is 44.3 Å². The summed E-state index contributed by atoms with van der Waals surface area (Å²) >= 11 is 0. The van der Waals surface area contributed by atoms with Crippen molar-refractivity contribution in [2.45, 2.75) is 176 Å². The Hall–Kier alpha value is -6.30. The van der Waals surface area contributed by atoms with E-state index in [1.54, 1.807) is 0 Å². The minimum atomic E-state index is -0.281. The van der Waals surface area contributed by atoms with Crippen molar-refractivity contribution >= 4 is 47.1 Å². The second-order valence-corrected chi connectivity index (χ2v) is 23.6. The van der Waals surface area contributed by atoms with Gasteiger partial charge in [0.15, 0.2) is 0 Å². The van der Waals surface area contributed by atoms with Crippen molar-refractivity contribution in [2.75, 3.05) is 19.6 Å². The van der Waals surface area contributed by atoms with Gasteiger partial charge < -0.3 is 19.6 Å². The van der Waals surface area contributed by atoms with E-state index in [0.717, 1.165) is 85.3 Å². The first kappa shape index (κ1) is 47.8. The van der Waals surface area contributed by atoms with E-state index in [1.807, 2.05) is 31.1 Å². The lowest BCUT2D eigenvalue weighted by molar-refractivity contribution is 0.337. The highest BCUT2D eigenvalue weighted by Gasteiger charge is 2.51. The number of anilines is 4. The number of hydrogen-bond donors (Lipinski definition) is 0. The van der Waals surface area contributed by atoms with Crippen LogP contribution in [0.1, 0.15) is 132 Å². The minimum absolute atomic E-state index is 0.267. The molecule has 0 spiro atoms. The second kappa shape index (κ2) is 15.3. The van der Waals surface area contributed by atoms with Crippen molar-refractivity contribution < 1.29 is 0 Å². The molecule has 1 aromatic carbocycles. The molecule has 4 aromatic heterocycles. The zero-order chi connectivity index (χ0) is 50.2. The first-order chi connectivity index (χ1) is 31.9. The fraction of sp³-hybridized carbons (Fsp3) is 0.474. The third kappa shape index (κ3) is 7.21. The van der Waals surface area contributed by atoms with Crippen molar-refractivity contribution in [3.63, 3.8) is 0 Å². The number of hydrogen-bond acceptors (Lipinski definition) is 12. The van der Waals surface area contributed by atoms with E-state index in [9.17, 15) is 0 Å². The molecule has 360 valence electrons. The summed E-state index contributed by atoms with van der Waals surface area (Å²) in [6.45, 7) is 41.5. The molecule has 4 aliphatic rings. The average Bonchev–Trinajstić information content (AvgIpc) is 3.73. The standard InChI is InChI=1S/C57H72N12/c1-35-63-51(6,7)55(14,15)67(35)47-25-21-39(31-59-47)43-29-45(41-23-27-49(61-33-41)69-37(3)65-53(10,11)57(69,18)19)44(40-22-26-48(60-32-40)68-36(2)64-52(8,9)56(68,16)17)28-42(43)38-20-24-46(58-30-38)66-34-62-50(4,5)54(66,12)13/h20-34H,1-19H3. The predicted molar refractivity (Wildman–Crippen MR) is 290 cm³/mol. The highest BCUT2D eigenvalue weighted by atomic mass is 15.4. The normalized spacial score (nSPS) is 22.0. The third-order valence-corrected chi connectivity index (χ3v) is 17.4. The summed E-state index contributed by atoms with van der Waals surface area (Å²) in [6, 6.07) is 21.8. The first-order valence-corrected chi connectivity index (χ1v) is 24.4. The number of pyridine rings is 4. The van der Waals surface area contributed by atoms with Crippen LogP contribution in [0, 0.1) is 0 Å². The van der Waals surface area contributed by atoms with Crippen LogP contribution >= 0.6 is 0 Å². The maximum absolute atomic E-state index is 5.18. The molecule has 0 bridgehead atoms. The lowest BCUT2D eigenvalue weighted by Gasteiger charge is -2.40. The van der Waals surface area contributed by atoms with Gasteiger partial charge in [-0.1, -0.05) is 0 Å². The summed E-state index contributed by atoms with van der Waals surface area (Å²) in [4.78, 5) is 49.7. The van der Waals surface area contributed by atoms with Crippen molar-refractivity contribution in [3.05, 3.63) is 85.5 Å². The van der Waals surface area contributed by atoms with Crippen molar-refractivity contribution in [1.82, 2.24) is 19.9 Å². The van der Waals surface area contributed by atoms with E-state index < -0.39 is 0 Å². The molecule has 0 radical (unpaired) electrons. The molecule has 12 nitrogen and oxygen atoms in total. The maximum Gasteiger partial charge on any atom is 0.134 e. The van der Waals surface area contributed by atoms with E-state index in [1.165, 1.54) is 0 Å². The van der Waals surface area contributed by atoms with Gasteiger partial charge in [0.25, 0.3) is 0 Å². The number of rotatable bonds is 8. The Morgan fingerprint density at radius 2 is 0.609 bits per heavy atom. The fourth-order valence-corrected chi connectivity index (χ4v) is 10.6. The zero-order valence-corrected chi connectivity index (χ0v) is 44.5. The van der Waals surface area contributed by atoms with Crippen LogP contribution in [0.3, 0.4) is 0 Å². The Morgan fingerprint density at radius 1 is 0.333 bits per heavy atom. The largest absolute Gasteiger partial charge is 0.309 e. The number of aromatic nitrogens is 4. The van der Waals surface area contributed by atoms with Gasteiger partial charge in [-0.15, -0.1) is 0 Å². The van der Waals surface area contributed by atoms with E-state index in [2.05, 4.69) is 212 Å². The molecular formula is C57H72N12. The number of nitrogens with zero attached hydrogens (tertiary/aromatic N) is 12. The van der Waals surface area contributed by atoms with Crippen molar-refractivity contribution in [2.24, 2.45) is 20.0 Å². The Kier molecular flexibility index (Phi) is 10.6. The van der Waals surface area contributed by atoms with Crippen molar-refractivity contribution in [3.8, 4) is 44.5 Å². The fourth-order valence-electron chi connectivity index (χ4n) is 10.6. The van der Waals surface area contributed by atoms with Gasteiger partial charge in [-0.05, 0) is 214 Å². The molecule has 9 rings (SSSR count). The molecule has 0 saturated carbocycles. The second-order valence-electron chi connectivity index (χ2n) is 23.6. The van der Waals surface area contributed by atoms with Crippen LogP contribution in [-0.2, 0) is 0 Å². The molecule has 5 aromatic rings. The van der Waals surface area contributed by atoms with E-state index in [0.29, 0.717) is 0 Å². The molecule has 0 fully saturated rings. The van der Waals surface area contributed by atoms with Crippen LogP contribution in [0.25, 0.3) is 44.5 Å². The van der Waals surface area contributed by atoms with E-state index >= 15 is 0 Å². The highest BCUT2D eigenvalue weighted by molar-refractivity contribution is 6.02. The predicted octanol–water partition coefficient (Wildman–Crippen LogP) is 12.7. The molecule has 0 aliphatic carbocycles. The Labute approximate surface area is 410 Å². The smallest absolute Gasteiger partial charge is 0.134 e. The van der Waals surface area contributed by atoms with Crippen LogP contribution in [0.4, 0.5) is 23.3 Å². The van der Waals surface area contributed by atoms with Gasteiger partial charge >= 0.3 is 0 Å². The van der Waals surface area contributed by atoms with Crippen LogP contribution in [0.5, 0.6) is 0 Å². The Bertz CT molecular complexity index is 2960. The molecule has 69 heavy (non-hydrogen) atoms. The molecule has 0 saturated heterocycles. The van der Waals surface area contributed by atoms with Gasteiger partial charge in [-0.3, -0.25) is 20.0 Å². The van der Waals surface area contributed by atoms with Gasteiger partial charge in [-0.2, -0.15) is 0 Å². The van der Waals surface area contributed by atoms with Gasteiger partial charge in [-0.25, -0.2) is 19.9 Å². The van der Waals surface area contributed by atoms with Crippen LogP contribution in [-0.4, -0.2) is 88.1 Å². The molecule has 12 heteroatoms. The summed E-state index contributed by atoms with van der Waals surface area (Å²) in [5, 5.41) is 0. The highest BCUT2D eigenvalue weighted by Crippen LogP contribution is 2.47. The third-order valence-electron chi connectivity index (χ3n) is 17.4. The van der Waals surface area contributed by atoms with Gasteiger partial charge in [0, 0.05) is 47.0 Å². The SMILES string of the molecule is CC1=NC(C)(C)C(C)(C)N1c1ccc(-c2cc(-c3ccc(N4C(C)=NC(C)(C)C4(C)C)nc3)c(-c3ccc(N4C(C)=NC(C)(C)C4(C)C)nc3)cc2-c2ccc(N3C=NC(C)(C)C3(C)C)nc2)cn1. The van der Waals surface area contributed by atoms with Crippen LogP contribution in [0.15, 0.2) is 105 Å². The summed E-state index contributed by atoms with van der Waals surface area (Å²) < 4.78 is 0. The molecule has 8 heterocycles. The topological polar surface area (TPSA) is 114 Å². The summed E-state index contributed by atoms with van der Waals surface area (Å²) in [5.74, 6) is 6.29. The minimum Gasteiger partial charge on any atom is -0.309 e. The van der Waals surface area contributed by atoms with Crippen molar-refractivity contribution in [1.29, 1.82) is 0 Å². The van der Waals surface area contributed by atoms with Crippen LogP contribution < -0.4 is 19.6 Å².